The van der Waals surface area contributed by atoms with E-state index in [1.54, 1.807) is 21.1 Å². The summed E-state index contributed by atoms with van der Waals surface area (Å²) >= 11 is 0. The normalized spacial score (nSPS) is 12.4. The molecular weight excluding hydrogens is 557 g/mol. The SMILES string of the molecule is CCCCCC(CC(=O)[N-]c1cc(CCC(C)OC(=O)CCC(=O)O)ccc1C(C)(C)C)c1ccc(OC)cc1OC.[Na+]. The van der Waals surface area contributed by atoms with Crippen LogP contribution >= 0.6 is 0 Å². The largest absolute Gasteiger partial charge is 1.00 e. The van der Waals surface area contributed by atoms with Crippen molar-refractivity contribution in [2.75, 3.05) is 14.2 Å². The fraction of sp³-hybridized carbons (Fsp3) is 0.559. The van der Waals surface area contributed by atoms with E-state index in [9.17, 15) is 14.4 Å². The van der Waals surface area contributed by atoms with Crippen molar-refractivity contribution in [3.8, 4) is 11.5 Å². The van der Waals surface area contributed by atoms with Crippen molar-refractivity contribution in [2.45, 2.75) is 110 Å². The van der Waals surface area contributed by atoms with Crippen LogP contribution in [0.1, 0.15) is 109 Å². The third-order valence-electron chi connectivity index (χ3n) is 7.29. The molecule has 0 saturated heterocycles. The smallest absolute Gasteiger partial charge is 0.627 e. The van der Waals surface area contributed by atoms with Gasteiger partial charge in [-0.25, -0.2) is 0 Å². The zero-order valence-electron chi connectivity index (χ0n) is 27.3. The Balaban J connectivity index is 0.00000924. The van der Waals surface area contributed by atoms with Gasteiger partial charge in [0.05, 0.1) is 39.1 Å². The van der Waals surface area contributed by atoms with E-state index in [4.69, 9.17) is 19.3 Å². The monoisotopic (exact) mass is 605 g/mol. The first-order chi connectivity index (χ1) is 19.9. The predicted octanol–water partition coefficient (Wildman–Crippen LogP) is 5.02. The number of esters is 1. The van der Waals surface area contributed by atoms with E-state index in [0.717, 1.165) is 42.4 Å². The number of carbonyl (C=O) groups is 3. The fourth-order valence-electron chi connectivity index (χ4n) is 4.94. The molecule has 0 radical (unpaired) electrons. The molecule has 0 aromatic heterocycles. The van der Waals surface area contributed by atoms with Crippen molar-refractivity contribution in [2.24, 2.45) is 0 Å². The molecule has 0 aliphatic heterocycles. The van der Waals surface area contributed by atoms with Gasteiger partial charge in [-0.15, -0.1) is 5.69 Å². The first-order valence-corrected chi connectivity index (χ1v) is 14.9. The zero-order valence-corrected chi connectivity index (χ0v) is 29.3. The molecule has 0 fully saturated rings. The quantitative estimate of drug-likeness (QED) is 0.153. The van der Waals surface area contributed by atoms with E-state index in [-0.39, 0.29) is 72.2 Å². The number of benzene rings is 2. The molecule has 8 nitrogen and oxygen atoms in total. The molecule has 0 aliphatic carbocycles. The molecule has 9 heteroatoms. The summed E-state index contributed by atoms with van der Waals surface area (Å²) in [4.78, 5) is 36.1. The van der Waals surface area contributed by atoms with Crippen LogP contribution in [0.4, 0.5) is 5.69 Å². The van der Waals surface area contributed by atoms with Crippen LogP contribution in [0.2, 0.25) is 0 Å². The second-order valence-corrected chi connectivity index (χ2v) is 11.8. The summed E-state index contributed by atoms with van der Waals surface area (Å²) in [6.45, 7) is 10.2. The first-order valence-electron chi connectivity index (χ1n) is 14.9. The number of nitrogens with zero attached hydrogens (tertiary/aromatic N) is 1. The molecule has 2 aromatic carbocycles. The summed E-state index contributed by atoms with van der Waals surface area (Å²) in [5.74, 6) is -0.353. The molecule has 0 aliphatic rings. The molecule has 43 heavy (non-hydrogen) atoms. The molecule has 2 aromatic rings. The Morgan fingerprint density at radius 3 is 2.28 bits per heavy atom. The molecule has 0 saturated carbocycles. The molecule has 232 valence electrons. The molecule has 1 amide bonds. The Morgan fingerprint density at radius 2 is 1.67 bits per heavy atom. The van der Waals surface area contributed by atoms with Gasteiger partial charge in [0, 0.05) is 6.07 Å². The maximum Gasteiger partial charge on any atom is 1.00 e. The summed E-state index contributed by atoms with van der Waals surface area (Å²) < 4.78 is 16.4. The number of carbonyl (C=O) groups excluding carboxylic acids is 2. The van der Waals surface area contributed by atoms with Crippen molar-refractivity contribution in [1.29, 1.82) is 0 Å². The molecule has 2 rings (SSSR count). The summed E-state index contributed by atoms with van der Waals surface area (Å²) in [7, 11) is 3.25. The van der Waals surface area contributed by atoms with Crippen LogP contribution in [0.3, 0.4) is 0 Å². The fourth-order valence-corrected chi connectivity index (χ4v) is 4.94. The number of aryl methyl sites for hydroxylation is 1. The Hall–Kier alpha value is -2.55. The van der Waals surface area contributed by atoms with Gasteiger partial charge < -0.3 is 29.4 Å². The Morgan fingerprint density at radius 1 is 0.953 bits per heavy atom. The van der Waals surface area contributed by atoms with Crippen molar-refractivity contribution in [1.82, 2.24) is 0 Å². The van der Waals surface area contributed by atoms with Crippen LogP contribution in [-0.4, -0.2) is 43.3 Å². The number of aliphatic carboxylic acids is 1. The maximum absolute atomic E-state index is 13.5. The number of amides is 1. The number of carboxylic acids is 1. The Bertz CT molecular complexity index is 1190. The van der Waals surface area contributed by atoms with Gasteiger partial charge in [0.2, 0.25) is 0 Å². The molecule has 1 N–H and O–H groups in total. The van der Waals surface area contributed by atoms with Gasteiger partial charge in [-0.1, -0.05) is 76.8 Å². The molecule has 0 spiro atoms. The van der Waals surface area contributed by atoms with Gasteiger partial charge in [-0.05, 0) is 61.1 Å². The minimum atomic E-state index is -1.03. The van der Waals surface area contributed by atoms with Crippen LogP contribution < -0.4 is 39.0 Å². The van der Waals surface area contributed by atoms with E-state index in [2.05, 4.69) is 33.0 Å². The predicted molar refractivity (Wildman–Crippen MR) is 165 cm³/mol. The van der Waals surface area contributed by atoms with Crippen molar-refractivity contribution >= 4 is 23.5 Å². The first kappa shape index (κ1) is 38.5. The van der Waals surface area contributed by atoms with Crippen LogP contribution in [0.25, 0.3) is 5.32 Å². The van der Waals surface area contributed by atoms with Gasteiger partial charge in [0.15, 0.2) is 0 Å². The number of hydrogen-bond acceptors (Lipinski definition) is 6. The topological polar surface area (TPSA) is 113 Å². The van der Waals surface area contributed by atoms with E-state index in [1.165, 1.54) is 0 Å². The molecular formula is C34H48NNaO7. The van der Waals surface area contributed by atoms with Crippen LogP contribution in [-0.2, 0) is 31.0 Å². The molecule has 2 atom stereocenters. The van der Waals surface area contributed by atoms with E-state index in [0.29, 0.717) is 30.0 Å². The number of hydrogen-bond donors (Lipinski definition) is 1. The van der Waals surface area contributed by atoms with Gasteiger partial charge in [0.1, 0.15) is 11.5 Å². The molecule has 0 heterocycles. The summed E-state index contributed by atoms with van der Waals surface area (Å²) in [5.41, 5.74) is 3.39. The number of ether oxygens (including phenoxy) is 3. The Labute approximate surface area is 279 Å². The van der Waals surface area contributed by atoms with Crippen molar-refractivity contribution in [3.63, 3.8) is 0 Å². The van der Waals surface area contributed by atoms with Gasteiger partial charge in [-0.3, -0.25) is 9.59 Å². The Kier molecular flexibility index (Phi) is 17.0. The van der Waals surface area contributed by atoms with Gasteiger partial charge in [0.25, 0.3) is 0 Å². The number of methoxy groups -OCH3 is 2. The number of unbranched alkanes of at least 4 members (excludes halogenated alkanes) is 2. The van der Waals surface area contributed by atoms with Crippen LogP contribution in [0, 0.1) is 0 Å². The zero-order chi connectivity index (χ0) is 31.3. The van der Waals surface area contributed by atoms with Crippen molar-refractivity contribution in [3.05, 3.63) is 58.4 Å². The van der Waals surface area contributed by atoms with Gasteiger partial charge >= 0.3 is 41.5 Å². The third kappa shape index (κ3) is 13.3. The second-order valence-electron chi connectivity index (χ2n) is 11.8. The molecule has 0 bridgehead atoms. The number of carboxylic acid groups (broad SMARTS) is 1. The summed E-state index contributed by atoms with van der Waals surface area (Å²) in [6, 6.07) is 11.7. The van der Waals surface area contributed by atoms with E-state index in [1.807, 2.05) is 36.4 Å². The minimum absolute atomic E-state index is 0. The average Bonchev–Trinajstić information content (AvgIpc) is 2.93. The van der Waals surface area contributed by atoms with Crippen LogP contribution in [0.5, 0.6) is 11.5 Å². The second kappa shape index (κ2) is 19.0. The third-order valence-corrected chi connectivity index (χ3v) is 7.29. The minimum Gasteiger partial charge on any atom is -0.627 e. The maximum atomic E-state index is 13.5. The van der Waals surface area contributed by atoms with Crippen molar-refractivity contribution < 1.29 is 63.3 Å². The number of rotatable bonds is 17. The van der Waals surface area contributed by atoms with Crippen LogP contribution in [0.15, 0.2) is 36.4 Å². The molecule has 2 unspecified atom stereocenters. The van der Waals surface area contributed by atoms with E-state index < -0.39 is 11.9 Å². The average molecular weight is 606 g/mol. The van der Waals surface area contributed by atoms with E-state index >= 15 is 0 Å². The summed E-state index contributed by atoms with van der Waals surface area (Å²) in [5, 5.41) is 13.4. The van der Waals surface area contributed by atoms with Gasteiger partial charge in [-0.2, -0.15) is 0 Å². The summed E-state index contributed by atoms with van der Waals surface area (Å²) in [6.07, 6.45) is 4.74. The standard InChI is InChI=1S/C34H49NO7.Na/c1-8-9-10-11-25(27-16-15-26(40-6)22-30(27)41-7)21-31(36)35-29-20-24(14-17-28(29)34(3,4)5)13-12-23(2)42-33(39)19-18-32(37)38;/h14-17,20,22-23,25H,8-13,18-19,21H2,1-7H3,(H2,35,36,37,38);/q;+1/p-1.